The normalized spacial score (nSPS) is 15.3. The summed E-state index contributed by atoms with van der Waals surface area (Å²) in [7, 11) is 3.55. The summed E-state index contributed by atoms with van der Waals surface area (Å²) in [5, 5.41) is 3.12. The second-order valence-corrected chi connectivity index (χ2v) is 7.73. The standard InChI is InChI=1S/C22H25N3O3/c1-15-17-9-8-16-6-4-5-7-18(16)21(17)28-20(15)22(27)25-12-10-24(11-13-25)14-19(26)23(2)3/h4-9H,10-14H2,1-3H3/p+1. The molecule has 4 rings (SSSR count). The molecule has 6 nitrogen and oxygen atoms in total. The zero-order valence-electron chi connectivity index (χ0n) is 16.6. The number of nitrogens with one attached hydrogen (secondary N) is 1. The minimum absolute atomic E-state index is 0.0595. The molecule has 1 saturated heterocycles. The van der Waals surface area contributed by atoms with Gasteiger partial charge < -0.3 is 19.1 Å². The van der Waals surface area contributed by atoms with E-state index in [-0.39, 0.29) is 11.8 Å². The van der Waals surface area contributed by atoms with Crippen LogP contribution >= 0.6 is 0 Å². The van der Waals surface area contributed by atoms with E-state index in [9.17, 15) is 9.59 Å². The lowest BCUT2D eigenvalue weighted by atomic mass is 10.1. The van der Waals surface area contributed by atoms with Gasteiger partial charge in [-0.1, -0.05) is 36.4 Å². The number of aryl methyl sites for hydroxylation is 1. The summed E-state index contributed by atoms with van der Waals surface area (Å²) in [5.41, 5.74) is 1.67. The van der Waals surface area contributed by atoms with Crippen LogP contribution in [0.3, 0.4) is 0 Å². The molecule has 1 N–H and O–H groups in total. The first-order valence-corrected chi connectivity index (χ1v) is 9.69. The van der Waals surface area contributed by atoms with E-state index in [2.05, 4.69) is 6.07 Å². The molecule has 6 heteroatoms. The van der Waals surface area contributed by atoms with Gasteiger partial charge in [-0.15, -0.1) is 0 Å². The first kappa shape index (κ1) is 18.5. The van der Waals surface area contributed by atoms with Gasteiger partial charge in [-0.2, -0.15) is 0 Å². The van der Waals surface area contributed by atoms with Crippen LogP contribution in [0.1, 0.15) is 16.1 Å². The second-order valence-electron chi connectivity index (χ2n) is 7.73. The number of furan rings is 1. The maximum atomic E-state index is 13.1. The van der Waals surface area contributed by atoms with Crippen LogP contribution in [-0.2, 0) is 4.79 Å². The Morgan fingerprint density at radius 2 is 1.79 bits per heavy atom. The Kier molecular flexibility index (Phi) is 4.81. The molecular weight excluding hydrogens is 354 g/mol. The van der Waals surface area contributed by atoms with Crippen molar-refractivity contribution in [2.24, 2.45) is 0 Å². The maximum Gasteiger partial charge on any atom is 0.290 e. The van der Waals surface area contributed by atoms with E-state index < -0.39 is 0 Å². The van der Waals surface area contributed by atoms with Crippen molar-refractivity contribution < 1.29 is 18.9 Å². The van der Waals surface area contributed by atoms with Gasteiger partial charge >= 0.3 is 0 Å². The van der Waals surface area contributed by atoms with Crippen LogP contribution in [0.25, 0.3) is 21.7 Å². The number of benzene rings is 2. The number of nitrogens with zero attached hydrogens (tertiary/aromatic N) is 2. The molecular formula is C22H26N3O3+. The van der Waals surface area contributed by atoms with Crippen LogP contribution in [0, 0.1) is 6.92 Å². The summed E-state index contributed by atoms with van der Waals surface area (Å²) in [6.45, 7) is 5.23. The van der Waals surface area contributed by atoms with Gasteiger partial charge in [-0.25, -0.2) is 0 Å². The Labute approximate surface area is 164 Å². The SMILES string of the molecule is Cc1c(C(=O)N2CC[NH+](CC(=O)N(C)C)CC2)oc2c1ccc1ccccc12. The number of carbonyl (C=O) groups is 2. The molecule has 0 unspecified atom stereocenters. The fourth-order valence-corrected chi connectivity index (χ4v) is 3.87. The predicted octanol–water partition coefficient (Wildman–Crippen LogP) is 1.32. The largest absolute Gasteiger partial charge is 0.450 e. The molecule has 1 aliphatic rings. The fraction of sp³-hybridized carbons (Fsp3) is 0.364. The minimum atomic E-state index is -0.0595. The molecule has 3 aromatic rings. The summed E-state index contributed by atoms with van der Waals surface area (Å²) in [6, 6.07) is 12.2. The summed E-state index contributed by atoms with van der Waals surface area (Å²) < 4.78 is 6.09. The number of carbonyl (C=O) groups excluding carboxylic acids is 2. The topological polar surface area (TPSA) is 58.2 Å². The lowest BCUT2D eigenvalue weighted by Crippen LogP contribution is -3.15. The van der Waals surface area contributed by atoms with Crippen LogP contribution < -0.4 is 4.90 Å². The van der Waals surface area contributed by atoms with Crippen LogP contribution in [0.5, 0.6) is 0 Å². The van der Waals surface area contributed by atoms with Crippen LogP contribution in [-0.4, -0.2) is 68.4 Å². The number of hydrogen-bond acceptors (Lipinski definition) is 3. The summed E-state index contributed by atoms with van der Waals surface area (Å²) in [5.74, 6) is 0.490. The summed E-state index contributed by atoms with van der Waals surface area (Å²) in [6.07, 6.45) is 0. The van der Waals surface area contributed by atoms with Crippen LogP contribution in [0.4, 0.5) is 0 Å². The molecule has 28 heavy (non-hydrogen) atoms. The van der Waals surface area contributed by atoms with E-state index in [0.29, 0.717) is 25.4 Å². The third-order valence-electron chi connectivity index (χ3n) is 5.68. The van der Waals surface area contributed by atoms with Crippen LogP contribution in [0.2, 0.25) is 0 Å². The van der Waals surface area contributed by atoms with E-state index in [4.69, 9.17) is 4.42 Å². The van der Waals surface area contributed by atoms with E-state index in [0.717, 1.165) is 40.4 Å². The zero-order valence-corrected chi connectivity index (χ0v) is 16.6. The third-order valence-corrected chi connectivity index (χ3v) is 5.68. The van der Waals surface area contributed by atoms with Crippen molar-refractivity contribution in [2.75, 3.05) is 46.8 Å². The summed E-state index contributed by atoms with van der Waals surface area (Å²) in [4.78, 5) is 29.7. The predicted molar refractivity (Wildman–Crippen MR) is 109 cm³/mol. The molecule has 1 fully saturated rings. The van der Waals surface area contributed by atoms with Crippen molar-refractivity contribution in [3.05, 3.63) is 47.7 Å². The van der Waals surface area contributed by atoms with Gasteiger partial charge in [0.15, 0.2) is 12.3 Å². The first-order chi connectivity index (χ1) is 13.5. The van der Waals surface area contributed by atoms with Gasteiger partial charge in [0.2, 0.25) is 0 Å². The number of fused-ring (bicyclic) bond motifs is 3. The lowest BCUT2D eigenvalue weighted by molar-refractivity contribution is -0.896. The van der Waals surface area contributed by atoms with Gasteiger partial charge in [0, 0.05) is 30.4 Å². The van der Waals surface area contributed by atoms with Gasteiger partial charge in [0.25, 0.3) is 11.8 Å². The summed E-state index contributed by atoms with van der Waals surface area (Å²) >= 11 is 0. The lowest BCUT2D eigenvalue weighted by Gasteiger charge is -2.31. The van der Waals surface area contributed by atoms with Gasteiger partial charge in [0.05, 0.1) is 26.2 Å². The molecule has 2 aromatic carbocycles. The number of hydrogen-bond donors (Lipinski definition) is 1. The zero-order chi connectivity index (χ0) is 19.8. The monoisotopic (exact) mass is 380 g/mol. The average molecular weight is 380 g/mol. The molecule has 2 amide bonds. The third kappa shape index (κ3) is 3.24. The number of piperazine rings is 1. The molecule has 1 aliphatic heterocycles. The number of amides is 2. The Bertz CT molecular complexity index is 1050. The second kappa shape index (κ2) is 7.28. The van der Waals surface area contributed by atoms with Crippen molar-refractivity contribution >= 4 is 33.6 Å². The van der Waals surface area contributed by atoms with E-state index >= 15 is 0 Å². The Balaban J connectivity index is 1.54. The van der Waals surface area contributed by atoms with Crippen LogP contribution in [0.15, 0.2) is 40.8 Å². The van der Waals surface area contributed by atoms with E-state index in [1.807, 2.05) is 42.2 Å². The Morgan fingerprint density at radius 3 is 2.50 bits per heavy atom. The average Bonchev–Trinajstić information content (AvgIpc) is 3.05. The number of quaternary nitrogens is 1. The molecule has 0 spiro atoms. The quantitative estimate of drug-likeness (QED) is 0.746. The highest BCUT2D eigenvalue weighted by Crippen LogP contribution is 2.32. The van der Waals surface area contributed by atoms with Crippen molar-refractivity contribution in [2.45, 2.75) is 6.92 Å². The number of likely N-dealkylation sites (N-methyl/N-ethyl adjacent to an activating group) is 1. The minimum Gasteiger partial charge on any atom is -0.450 e. The molecule has 0 radical (unpaired) electrons. The van der Waals surface area contributed by atoms with Crippen molar-refractivity contribution in [1.29, 1.82) is 0 Å². The van der Waals surface area contributed by atoms with E-state index in [1.165, 1.54) is 4.90 Å². The molecule has 146 valence electrons. The first-order valence-electron chi connectivity index (χ1n) is 9.69. The highest BCUT2D eigenvalue weighted by molar-refractivity contribution is 6.08. The van der Waals surface area contributed by atoms with E-state index in [1.54, 1.807) is 19.0 Å². The molecule has 2 heterocycles. The van der Waals surface area contributed by atoms with Crippen molar-refractivity contribution in [1.82, 2.24) is 9.80 Å². The molecule has 0 bridgehead atoms. The van der Waals surface area contributed by atoms with Crippen molar-refractivity contribution in [3.8, 4) is 0 Å². The van der Waals surface area contributed by atoms with Gasteiger partial charge in [-0.3, -0.25) is 9.59 Å². The number of rotatable bonds is 3. The molecule has 1 aromatic heterocycles. The highest BCUT2D eigenvalue weighted by atomic mass is 16.3. The molecule has 0 atom stereocenters. The smallest absolute Gasteiger partial charge is 0.290 e. The molecule has 0 aliphatic carbocycles. The maximum absolute atomic E-state index is 13.1. The van der Waals surface area contributed by atoms with Crippen molar-refractivity contribution in [3.63, 3.8) is 0 Å². The molecule has 0 saturated carbocycles. The van der Waals surface area contributed by atoms with Gasteiger partial charge in [-0.05, 0) is 12.3 Å². The Hall–Kier alpha value is -2.86. The van der Waals surface area contributed by atoms with Gasteiger partial charge in [0.1, 0.15) is 5.58 Å². The highest BCUT2D eigenvalue weighted by Gasteiger charge is 2.29. The fourth-order valence-electron chi connectivity index (χ4n) is 3.87. The Morgan fingerprint density at radius 1 is 1.07 bits per heavy atom.